The van der Waals surface area contributed by atoms with E-state index in [1.807, 2.05) is 18.2 Å². The number of piperidine rings is 1. The molecule has 1 fully saturated rings. The highest BCUT2D eigenvalue weighted by molar-refractivity contribution is 7.88. The van der Waals surface area contributed by atoms with E-state index in [4.69, 9.17) is 11.6 Å². The Kier molecular flexibility index (Phi) is 6.44. The van der Waals surface area contributed by atoms with Crippen molar-refractivity contribution in [2.24, 2.45) is 0 Å². The first-order valence-corrected chi connectivity index (χ1v) is 10.1. The summed E-state index contributed by atoms with van der Waals surface area (Å²) in [4.78, 5) is 14.1. The van der Waals surface area contributed by atoms with E-state index in [9.17, 15) is 13.2 Å². The second-order valence-electron chi connectivity index (χ2n) is 5.92. The van der Waals surface area contributed by atoms with Gasteiger partial charge in [0.2, 0.25) is 15.9 Å². The highest BCUT2D eigenvalue weighted by Gasteiger charge is 2.24. The van der Waals surface area contributed by atoms with Crippen LogP contribution in [0.3, 0.4) is 0 Å². The molecule has 1 amide bonds. The Balaban J connectivity index is 1.98. The molecule has 1 aromatic rings. The number of nitrogens with zero attached hydrogens (tertiary/aromatic N) is 2. The summed E-state index contributed by atoms with van der Waals surface area (Å²) in [5, 5.41) is 0.623. The van der Waals surface area contributed by atoms with Crippen LogP contribution in [0.2, 0.25) is 5.02 Å². The third kappa shape index (κ3) is 5.79. The van der Waals surface area contributed by atoms with Gasteiger partial charge in [-0.3, -0.25) is 4.79 Å². The van der Waals surface area contributed by atoms with Gasteiger partial charge >= 0.3 is 0 Å². The van der Waals surface area contributed by atoms with Gasteiger partial charge in [-0.1, -0.05) is 23.7 Å². The van der Waals surface area contributed by atoms with E-state index in [1.165, 1.54) is 4.31 Å². The summed E-state index contributed by atoms with van der Waals surface area (Å²) in [5.74, 6) is -0.110. The average molecular weight is 359 g/mol. The van der Waals surface area contributed by atoms with Crippen LogP contribution < -0.4 is 0 Å². The predicted molar refractivity (Wildman–Crippen MR) is 92.0 cm³/mol. The fraction of sp³-hybridized carbons (Fsp3) is 0.562. The first kappa shape index (κ1) is 18.2. The van der Waals surface area contributed by atoms with Gasteiger partial charge in [0.05, 0.1) is 12.8 Å². The third-order valence-electron chi connectivity index (χ3n) is 4.03. The van der Waals surface area contributed by atoms with Crippen LogP contribution in [0.25, 0.3) is 0 Å². The first-order valence-electron chi connectivity index (χ1n) is 7.83. The lowest BCUT2D eigenvalue weighted by molar-refractivity contribution is -0.132. The molecule has 0 aliphatic carbocycles. The molecule has 0 atom stereocenters. The van der Waals surface area contributed by atoms with E-state index in [0.29, 0.717) is 11.4 Å². The topological polar surface area (TPSA) is 57.7 Å². The van der Waals surface area contributed by atoms with Gasteiger partial charge in [-0.15, -0.1) is 0 Å². The van der Waals surface area contributed by atoms with Crippen molar-refractivity contribution in [3.05, 3.63) is 34.9 Å². The lowest BCUT2D eigenvalue weighted by Crippen LogP contribution is -2.45. The summed E-state index contributed by atoms with van der Waals surface area (Å²) >= 11 is 5.94. The van der Waals surface area contributed by atoms with Crippen molar-refractivity contribution in [1.82, 2.24) is 9.21 Å². The molecule has 1 aromatic carbocycles. The molecular weight excluding hydrogens is 336 g/mol. The number of sulfonamides is 1. The number of hydrogen-bond donors (Lipinski definition) is 0. The number of hydrogen-bond acceptors (Lipinski definition) is 3. The van der Waals surface area contributed by atoms with Gasteiger partial charge in [-0.05, 0) is 43.4 Å². The van der Waals surface area contributed by atoms with Gasteiger partial charge in [-0.2, -0.15) is 4.31 Å². The van der Waals surface area contributed by atoms with E-state index in [2.05, 4.69) is 0 Å². The first-order chi connectivity index (χ1) is 10.9. The van der Waals surface area contributed by atoms with Crippen LogP contribution in [0, 0.1) is 0 Å². The van der Waals surface area contributed by atoms with Crippen LogP contribution in [0.15, 0.2) is 24.3 Å². The lowest BCUT2D eigenvalue weighted by atomic mass is 10.1. The van der Waals surface area contributed by atoms with Gasteiger partial charge < -0.3 is 4.90 Å². The lowest BCUT2D eigenvalue weighted by Gasteiger charge is -2.29. The zero-order valence-electron chi connectivity index (χ0n) is 13.4. The van der Waals surface area contributed by atoms with Crippen molar-refractivity contribution < 1.29 is 13.2 Å². The maximum Gasteiger partial charge on any atom is 0.237 e. The second-order valence-corrected chi connectivity index (χ2v) is 8.34. The van der Waals surface area contributed by atoms with Crippen molar-refractivity contribution in [2.75, 3.05) is 32.4 Å². The SMILES string of the molecule is CS(=O)(=O)N(CCc1cccc(Cl)c1)CC(=O)N1CCCCC1. The molecule has 128 valence electrons. The molecule has 1 heterocycles. The molecule has 1 aliphatic heterocycles. The summed E-state index contributed by atoms with van der Waals surface area (Å²) in [6.45, 7) is 1.65. The average Bonchev–Trinajstić information content (AvgIpc) is 2.51. The number of carbonyl (C=O) groups excluding carboxylic acids is 1. The van der Waals surface area contributed by atoms with Gasteiger partial charge in [-0.25, -0.2) is 8.42 Å². The summed E-state index contributed by atoms with van der Waals surface area (Å²) in [7, 11) is -3.43. The smallest absolute Gasteiger partial charge is 0.237 e. The van der Waals surface area contributed by atoms with E-state index in [1.54, 1.807) is 11.0 Å². The molecule has 0 bridgehead atoms. The highest BCUT2D eigenvalue weighted by atomic mass is 35.5. The van der Waals surface area contributed by atoms with Crippen molar-refractivity contribution in [1.29, 1.82) is 0 Å². The number of rotatable bonds is 6. The van der Waals surface area contributed by atoms with Crippen LogP contribution in [-0.2, 0) is 21.2 Å². The van der Waals surface area contributed by atoms with Crippen LogP contribution in [-0.4, -0.2) is 56.0 Å². The third-order valence-corrected chi connectivity index (χ3v) is 5.51. The van der Waals surface area contributed by atoms with Crippen molar-refractivity contribution >= 4 is 27.5 Å². The molecule has 0 saturated carbocycles. The number of halogens is 1. The number of amides is 1. The quantitative estimate of drug-likeness (QED) is 0.783. The molecule has 7 heteroatoms. The van der Waals surface area contributed by atoms with Crippen LogP contribution in [0.5, 0.6) is 0 Å². The molecule has 0 unspecified atom stereocenters. The van der Waals surface area contributed by atoms with E-state index >= 15 is 0 Å². The Hall–Kier alpha value is -1.11. The van der Waals surface area contributed by atoms with Gasteiger partial charge in [0.25, 0.3) is 0 Å². The predicted octanol–water partition coefficient (Wildman–Crippen LogP) is 2.16. The highest BCUT2D eigenvalue weighted by Crippen LogP contribution is 2.13. The molecule has 0 spiro atoms. The zero-order valence-corrected chi connectivity index (χ0v) is 14.9. The van der Waals surface area contributed by atoms with Crippen LogP contribution >= 0.6 is 11.6 Å². The largest absolute Gasteiger partial charge is 0.342 e. The van der Waals surface area contributed by atoms with Crippen LogP contribution in [0.4, 0.5) is 0 Å². The molecule has 5 nitrogen and oxygen atoms in total. The maximum atomic E-state index is 12.3. The number of likely N-dealkylation sites (tertiary alicyclic amines) is 1. The molecule has 1 saturated heterocycles. The zero-order chi connectivity index (χ0) is 16.9. The van der Waals surface area contributed by atoms with Crippen molar-refractivity contribution in [3.63, 3.8) is 0 Å². The molecule has 1 aliphatic rings. The Morgan fingerprint density at radius 2 is 1.96 bits per heavy atom. The molecular formula is C16H23ClN2O3S. The Morgan fingerprint density at radius 3 is 2.57 bits per heavy atom. The number of benzene rings is 1. The van der Waals surface area contributed by atoms with Gasteiger partial charge in [0, 0.05) is 24.7 Å². The maximum absolute atomic E-state index is 12.3. The molecule has 2 rings (SSSR count). The normalized spacial score (nSPS) is 15.9. The van der Waals surface area contributed by atoms with Crippen LogP contribution in [0.1, 0.15) is 24.8 Å². The Bertz CT molecular complexity index is 642. The van der Waals surface area contributed by atoms with Gasteiger partial charge in [0.1, 0.15) is 0 Å². The van der Waals surface area contributed by atoms with E-state index < -0.39 is 10.0 Å². The molecule has 0 radical (unpaired) electrons. The standard InChI is InChI=1S/C16H23ClN2O3S/c1-23(21,22)19(11-8-14-6-5-7-15(17)12-14)13-16(20)18-9-3-2-4-10-18/h5-7,12H,2-4,8-11,13H2,1H3. The fourth-order valence-corrected chi connectivity index (χ4v) is 3.68. The monoisotopic (exact) mass is 358 g/mol. The summed E-state index contributed by atoms with van der Waals surface area (Å²) in [5.41, 5.74) is 0.955. The molecule has 23 heavy (non-hydrogen) atoms. The minimum atomic E-state index is -3.43. The number of carbonyl (C=O) groups is 1. The minimum Gasteiger partial charge on any atom is -0.342 e. The second kappa shape index (κ2) is 8.13. The summed E-state index contributed by atoms with van der Waals surface area (Å²) in [6.07, 6.45) is 4.80. The minimum absolute atomic E-state index is 0.0839. The summed E-state index contributed by atoms with van der Waals surface area (Å²) < 4.78 is 25.2. The van der Waals surface area contributed by atoms with Crippen molar-refractivity contribution in [3.8, 4) is 0 Å². The van der Waals surface area contributed by atoms with E-state index in [0.717, 1.165) is 44.2 Å². The van der Waals surface area contributed by atoms with Crippen molar-refractivity contribution in [2.45, 2.75) is 25.7 Å². The summed E-state index contributed by atoms with van der Waals surface area (Å²) in [6, 6.07) is 7.33. The fourth-order valence-electron chi connectivity index (χ4n) is 2.70. The van der Waals surface area contributed by atoms with Gasteiger partial charge in [0.15, 0.2) is 0 Å². The molecule has 0 aromatic heterocycles. The van der Waals surface area contributed by atoms with E-state index in [-0.39, 0.29) is 19.0 Å². The Morgan fingerprint density at radius 1 is 1.26 bits per heavy atom. The molecule has 0 N–H and O–H groups in total. The Labute approximate surface area is 143 Å².